The molecular formula is C9H14O. The van der Waals surface area contributed by atoms with Crippen LogP contribution < -0.4 is 0 Å². The Labute approximate surface area is 62.1 Å². The van der Waals surface area contributed by atoms with Crippen LogP contribution in [0.5, 0.6) is 0 Å². The van der Waals surface area contributed by atoms with E-state index in [0.717, 1.165) is 12.7 Å². The number of hydrogen-bond donors (Lipinski definition) is 0. The van der Waals surface area contributed by atoms with Crippen molar-refractivity contribution in [1.82, 2.24) is 0 Å². The second kappa shape index (κ2) is 3.00. The second-order valence-corrected chi connectivity index (χ2v) is 3.15. The number of carbonyl (C=O) groups is 1. The van der Waals surface area contributed by atoms with Crippen molar-refractivity contribution in [2.75, 3.05) is 0 Å². The molecule has 1 aliphatic rings. The average Bonchev–Trinajstić information content (AvgIpc) is 2.34. The molecule has 1 rings (SSSR count). The highest BCUT2D eigenvalue weighted by atomic mass is 16.1. The van der Waals surface area contributed by atoms with Crippen molar-refractivity contribution in [3.05, 3.63) is 12.2 Å². The van der Waals surface area contributed by atoms with Gasteiger partial charge in [0.15, 0.2) is 0 Å². The molecule has 1 aliphatic carbocycles. The molecule has 2 atom stereocenters. The quantitative estimate of drug-likeness (QED) is 0.422. The maximum Gasteiger partial charge on any atom is 0.123 e. The van der Waals surface area contributed by atoms with Gasteiger partial charge in [0.25, 0.3) is 0 Å². The first kappa shape index (κ1) is 7.52. The minimum Gasteiger partial charge on any atom is -0.303 e. The van der Waals surface area contributed by atoms with Gasteiger partial charge < -0.3 is 4.79 Å². The number of allylic oxidation sites excluding steroid dienone is 1. The number of aldehydes is 1. The van der Waals surface area contributed by atoms with Gasteiger partial charge in [0.05, 0.1) is 0 Å². The monoisotopic (exact) mass is 138 g/mol. The predicted octanol–water partition coefficient (Wildman–Crippen LogP) is 2.18. The topological polar surface area (TPSA) is 17.1 Å². The fraction of sp³-hybridized carbons (Fsp3) is 0.667. The zero-order chi connectivity index (χ0) is 7.56. The molecule has 0 unspecified atom stereocenters. The Balaban J connectivity index is 2.54. The van der Waals surface area contributed by atoms with Crippen molar-refractivity contribution in [1.29, 1.82) is 0 Å². The Morgan fingerprint density at radius 2 is 2.50 bits per heavy atom. The van der Waals surface area contributed by atoms with E-state index in [1.807, 2.05) is 6.92 Å². The molecule has 1 nitrogen and oxygen atoms in total. The van der Waals surface area contributed by atoms with Crippen molar-refractivity contribution >= 4 is 6.29 Å². The molecule has 0 bridgehead atoms. The van der Waals surface area contributed by atoms with Gasteiger partial charge in [-0.1, -0.05) is 19.1 Å². The molecule has 1 saturated carbocycles. The van der Waals surface area contributed by atoms with E-state index in [9.17, 15) is 4.79 Å². The fourth-order valence-corrected chi connectivity index (χ4v) is 1.67. The van der Waals surface area contributed by atoms with Gasteiger partial charge in [-0.2, -0.15) is 0 Å². The Morgan fingerprint density at radius 1 is 1.80 bits per heavy atom. The Hall–Kier alpha value is -0.590. The first-order valence-electron chi connectivity index (χ1n) is 3.88. The van der Waals surface area contributed by atoms with Gasteiger partial charge >= 0.3 is 0 Å². The van der Waals surface area contributed by atoms with Crippen LogP contribution >= 0.6 is 0 Å². The van der Waals surface area contributed by atoms with Crippen LogP contribution in [0.4, 0.5) is 0 Å². The maximum absolute atomic E-state index is 10.4. The van der Waals surface area contributed by atoms with Gasteiger partial charge in [-0.05, 0) is 25.2 Å². The van der Waals surface area contributed by atoms with Crippen LogP contribution in [0.1, 0.15) is 26.2 Å². The number of rotatable bonds is 2. The molecule has 0 heterocycles. The minimum absolute atomic E-state index is 0.190. The van der Waals surface area contributed by atoms with Crippen LogP contribution in [0, 0.1) is 11.8 Å². The van der Waals surface area contributed by atoms with Crippen LogP contribution in [0.25, 0.3) is 0 Å². The molecule has 56 valence electrons. The summed E-state index contributed by atoms with van der Waals surface area (Å²) in [5, 5.41) is 0. The van der Waals surface area contributed by atoms with Gasteiger partial charge in [0, 0.05) is 5.92 Å². The highest BCUT2D eigenvalue weighted by molar-refractivity contribution is 5.54. The molecule has 0 radical (unpaired) electrons. The molecule has 0 aromatic heterocycles. The summed E-state index contributed by atoms with van der Waals surface area (Å²) in [7, 11) is 0. The van der Waals surface area contributed by atoms with E-state index in [-0.39, 0.29) is 5.92 Å². The highest BCUT2D eigenvalue weighted by Crippen LogP contribution is 2.34. The molecule has 0 aliphatic heterocycles. The van der Waals surface area contributed by atoms with Gasteiger partial charge in [0.2, 0.25) is 0 Å². The lowest BCUT2D eigenvalue weighted by molar-refractivity contribution is -0.111. The molecule has 10 heavy (non-hydrogen) atoms. The van der Waals surface area contributed by atoms with Crippen LogP contribution in [0.15, 0.2) is 12.2 Å². The van der Waals surface area contributed by atoms with Crippen molar-refractivity contribution in [2.45, 2.75) is 26.2 Å². The van der Waals surface area contributed by atoms with E-state index < -0.39 is 0 Å². The summed E-state index contributed by atoms with van der Waals surface area (Å²) < 4.78 is 0. The zero-order valence-electron chi connectivity index (χ0n) is 6.47. The fourth-order valence-electron chi connectivity index (χ4n) is 1.67. The summed E-state index contributed by atoms with van der Waals surface area (Å²) >= 11 is 0. The summed E-state index contributed by atoms with van der Waals surface area (Å²) in [4.78, 5) is 10.4. The summed E-state index contributed by atoms with van der Waals surface area (Å²) in [6.07, 6.45) is 4.56. The molecule has 0 aromatic rings. The lowest BCUT2D eigenvalue weighted by atomic mass is 9.91. The highest BCUT2D eigenvalue weighted by Gasteiger charge is 2.23. The third kappa shape index (κ3) is 1.28. The summed E-state index contributed by atoms with van der Waals surface area (Å²) in [6, 6.07) is 0. The average molecular weight is 138 g/mol. The van der Waals surface area contributed by atoms with E-state index in [1.54, 1.807) is 0 Å². The van der Waals surface area contributed by atoms with Crippen LogP contribution in [0.3, 0.4) is 0 Å². The van der Waals surface area contributed by atoms with Crippen molar-refractivity contribution in [2.24, 2.45) is 11.8 Å². The molecule has 0 N–H and O–H groups in total. The van der Waals surface area contributed by atoms with Crippen LogP contribution in [0.2, 0.25) is 0 Å². The standard InChI is InChI=1S/C9H14O/c1-7-4-3-5-9(7)8(2)6-10/h6,8-9H,1,3-5H2,2H3/t8-,9+/m1/s1. The molecule has 0 amide bonds. The van der Waals surface area contributed by atoms with E-state index >= 15 is 0 Å². The van der Waals surface area contributed by atoms with E-state index in [4.69, 9.17) is 0 Å². The first-order valence-corrected chi connectivity index (χ1v) is 3.88. The molecule has 0 aromatic carbocycles. The Kier molecular flexibility index (Phi) is 2.25. The Bertz CT molecular complexity index is 149. The molecule has 1 fully saturated rings. The third-order valence-electron chi connectivity index (χ3n) is 2.39. The zero-order valence-corrected chi connectivity index (χ0v) is 6.47. The normalized spacial score (nSPS) is 28.5. The summed E-state index contributed by atoms with van der Waals surface area (Å²) in [5.41, 5.74) is 1.28. The SMILES string of the molecule is C=C1CCC[C@@H]1[C@H](C)C=O. The van der Waals surface area contributed by atoms with Gasteiger partial charge in [-0.15, -0.1) is 0 Å². The van der Waals surface area contributed by atoms with Crippen LogP contribution in [-0.2, 0) is 4.79 Å². The lowest BCUT2D eigenvalue weighted by Crippen LogP contribution is -2.09. The minimum atomic E-state index is 0.190. The van der Waals surface area contributed by atoms with Crippen molar-refractivity contribution in [3.8, 4) is 0 Å². The molecule has 1 heteroatoms. The smallest absolute Gasteiger partial charge is 0.123 e. The van der Waals surface area contributed by atoms with Crippen molar-refractivity contribution < 1.29 is 4.79 Å². The maximum atomic E-state index is 10.4. The lowest BCUT2D eigenvalue weighted by Gasteiger charge is -2.12. The van der Waals surface area contributed by atoms with Gasteiger partial charge in [0.1, 0.15) is 6.29 Å². The van der Waals surface area contributed by atoms with E-state index in [0.29, 0.717) is 5.92 Å². The molecular weight excluding hydrogens is 124 g/mol. The number of hydrogen-bond acceptors (Lipinski definition) is 1. The van der Waals surface area contributed by atoms with Gasteiger partial charge in [-0.25, -0.2) is 0 Å². The van der Waals surface area contributed by atoms with E-state index in [2.05, 4.69) is 6.58 Å². The van der Waals surface area contributed by atoms with E-state index in [1.165, 1.54) is 18.4 Å². The first-order chi connectivity index (χ1) is 4.75. The Morgan fingerprint density at radius 3 is 2.90 bits per heavy atom. The summed E-state index contributed by atoms with van der Waals surface area (Å²) in [5.74, 6) is 0.674. The van der Waals surface area contributed by atoms with Crippen LogP contribution in [-0.4, -0.2) is 6.29 Å². The molecule has 0 spiro atoms. The number of carbonyl (C=O) groups excluding carboxylic acids is 1. The van der Waals surface area contributed by atoms with Crippen molar-refractivity contribution in [3.63, 3.8) is 0 Å². The third-order valence-corrected chi connectivity index (χ3v) is 2.39. The second-order valence-electron chi connectivity index (χ2n) is 3.15. The van der Waals surface area contributed by atoms with Gasteiger partial charge in [-0.3, -0.25) is 0 Å². The predicted molar refractivity (Wildman–Crippen MR) is 41.7 cm³/mol. The molecule has 0 saturated heterocycles. The summed E-state index contributed by atoms with van der Waals surface area (Å²) in [6.45, 7) is 5.93. The largest absolute Gasteiger partial charge is 0.303 e.